The first kappa shape index (κ1) is 16.7. The van der Waals surface area contributed by atoms with Crippen LogP contribution in [0.15, 0.2) is 40.0 Å². The van der Waals surface area contributed by atoms with Crippen molar-refractivity contribution in [2.24, 2.45) is 4.99 Å². The van der Waals surface area contributed by atoms with Crippen LogP contribution in [0.25, 0.3) is 0 Å². The number of rotatable bonds is 4. The van der Waals surface area contributed by atoms with Gasteiger partial charge < -0.3 is 15.5 Å². The van der Waals surface area contributed by atoms with Gasteiger partial charge >= 0.3 is 0 Å². The number of guanidine groups is 1. The second-order valence-electron chi connectivity index (χ2n) is 5.70. The lowest BCUT2D eigenvalue weighted by molar-refractivity contribution is 0.576. The number of para-hydroxylation sites is 1. The second kappa shape index (κ2) is 7.61. The summed E-state index contributed by atoms with van der Waals surface area (Å²) in [5.74, 6) is -0.340. The van der Waals surface area contributed by atoms with Crippen LogP contribution in [-0.4, -0.2) is 32.1 Å². The van der Waals surface area contributed by atoms with Crippen LogP contribution >= 0.6 is 11.3 Å². The van der Waals surface area contributed by atoms with Gasteiger partial charge in [0.25, 0.3) is 0 Å². The molecule has 4 nitrogen and oxygen atoms in total. The molecular formula is C17H20F2N4S. The van der Waals surface area contributed by atoms with Crippen LogP contribution in [0.1, 0.15) is 12.0 Å². The van der Waals surface area contributed by atoms with E-state index in [4.69, 9.17) is 0 Å². The molecule has 0 bridgehead atoms. The van der Waals surface area contributed by atoms with Crippen molar-refractivity contribution in [2.75, 3.05) is 25.0 Å². The SMILES string of the molecule is CN=C(NCc1ccsc1)NC1CCN(c2c(F)cccc2F)C1. The standard InChI is InChI=1S/C17H20F2N4S/c1-20-17(21-9-12-6-8-24-11-12)22-13-5-7-23(10-13)16-14(18)3-2-4-15(16)19/h2-4,6,8,11,13H,5,7,9-10H2,1H3,(H2,20,21,22). The average Bonchev–Trinajstić information content (AvgIpc) is 3.23. The fraction of sp³-hybridized carbons (Fsp3) is 0.353. The smallest absolute Gasteiger partial charge is 0.191 e. The third-order valence-electron chi connectivity index (χ3n) is 4.05. The summed E-state index contributed by atoms with van der Waals surface area (Å²) in [6.45, 7) is 1.84. The van der Waals surface area contributed by atoms with Crippen molar-refractivity contribution < 1.29 is 8.78 Å². The molecule has 1 saturated heterocycles. The van der Waals surface area contributed by atoms with Crippen molar-refractivity contribution in [3.63, 3.8) is 0 Å². The average molecular weight is 350 g/mol. The maximum atomic E-state index is 13.9. The Bertz CT molecular complexity index is 682. The molecule has 7 heteroatoms. The van der Waals surface area contributed by atoms with Crippen LogP contribution in [0.4, 0.5) is 14.5 Å². The minimum atomic E-state index is -0.518. The van der Waals surface area contributed by atoms with Gasteiger partial charge in [-0.1, -0.05) is 6.07 Å². The molecule has 0 amide bonds. The zero-order chi connectivity index (χ0) is 16.9. The molecule has 24 heavy (non-hydrogen) atoms. The number of hydrogen-bond donors (Lipinski definition) is 2. The summed E-state index contributed by atoms with van der Waals surface area (Å²) in [7, 11) is 1.71. The van der Waals surface area contributed by atoms with E-state index in [9.17, 15) is 8.78 Å². The summed E-state index contributed by atoms with van der Waals surface area (Å²) in [6.07, 6.45) is 0.799. The first-order valence-corrected chi connectivity index (χ1v) is 8.79. The number of thiophene rings is 1. The zero-order valence-electron chi connectivity index (χ0n) is 13.4. The number of halogens is 2. The van der Waals surface area contributed by atoms with E-state index < -0.39 is 11.6 Å². The quantitative estimate of drug-likeness (QED) is 0.658. The molecule has 1 atom stereocenters. The Morgan fingerprint density at radius 3 is 2.79 bits per heavy atom. The van der Waals surface area contributed by atoms with Gasteiger partial charge in [0.2, 0.25) is 0 Å². The van der Waals surface area contributed by atoms with E-state index in [1.165, 1.54) is 23.8 Å². The largest absolute Gasteiger partial charge is 0.365 e. The highest BCUT2D eigenvalue weighted by atomic mass is 32.1. The molecule has 0 aliphatic carbocycles. The van der Waals surface area contributed by atoms with Gasteiger partial charge in [-0.3, -0.25) is 4.99 Å². The van der Waals surface area contributed by atoms with Gasteiger partial charge in [-0.05, 0) is 40.9 Å². The van der Waals surface area contributed by atoms with Crippen molar-refractivity contribution in [1.29, 1.82) is 0 Å². The highest BCUT2D eigenvalue weighted by Crippen LogP contribution is 2.26. The summed E-state index contributed by atoms with van der Waals surface area (Å²) in [4.78, 5) is 5.96. The predicted octanol–water partition coefficient (Wildman–Crippen LogP) is 2.97. The molecule has 0 spiro atoms. The number of aliphatic imine (C=N–C) groups is 1. The summed E-state index contributed by atoms with van der Waals surface area (Å²) >= 11 is 1.65. The van der Waals surface area contributed by atoms with E-state index in [2.05, 4.69) is 27.1 Å². The molecule has 2 aromatic rings. The van der Waals surface area contributed by atoms with Gasteiger partial charge in [-0.15, -0.1) is 0 Å². The fourth-order valence-electron chi connectivity index (χ4n) is 2.84. The Balaban J connectivity index is 1.57. The van der Waals surface area contributed by atoms with E-state index in [1.54, 1.807) is 23.3 Å². The maximum absolute atomic E-state index is 13.9. The number of anilines is 1. The first-order valence-electron chi connectivity index (χ1n) is 7.84. The van der Waals surface area contributed by atoms with Gasteiger partial charge in [-0.2, -0.15) is 11.3 Å². The molecule has 1 aromatic heterocycles. The first-order chi connectivity index (χ1) is 11.7. The molecule has 0 saturated carbocycles. The molecule has 128 valence electrons. The van der Waals surface area contributed by atoms with Crippen LogP contribution in [0, 0.1) is 11.6 Å². The van der Waals surface area contributed by atoms with Crippen LogP contribution < -0.4 is 15.5 Å². The van der Waals surface area contributed by atoms with Gasteiger partial charge in [0, 0.05) is 32.7 Å². The lowest BCUT2D eigenvalue weighted by Crippen LogP contribution is -2.44. The van der Waals surface area contributed by atoms with E-state index in [0.717, 1.165) is 6.42 Å². The molecule has 1 aliphatic heterocycles. The minimum absolute atomic E-state index is 0.0584. The summed E-state index contributed by atoms with van der Waals surface area (Å²) in [6, 6.07) is 6.12. The van der Waals surface area contributed by atoms with Crippen LogP contribution in [-0.2, 0) is 6.54 Å². The Kier molecular flexibility index (Phi) is 5.30. The molecule has 3 rings (SSSR count). The van der Waals surface area contributed by atoms with Gasteiger partial charge in [0.15, 0.2) is 5.96 Å². The Morgan fingerprint density at radius 1 is 1.33 bits per heavy atom. The molecular weight excluding hydrogens is 330 g/mol. The van der Waals surface area contributed by atoms with Crippen molar-refractivity contribution in [2.45, 2.75) is 19.0 Å². The molecule has 1 unspecified atom stereocenters. The van der Waals surface area contributed by atoms with Gasteiger partial charge in [0.1, 0.15) is 17.3 Å². The molecule has 1 aromatic carbocycles. The number of hydrogen-bond acceptors (Lipinski definition) is 3. The zero-order valence-corrected chi connectivity index (χ0v) is 14.2. The normalized spacial score (nSPS) is 18.0. The van der Waals surface area contributed by atoms with Gasteiger partial charge in [-0.25, -0.2) is 8.78 Å². The van der Waals surface area contributed by atoms with Crippen LogP contribution in [0.2, 0.25) is 0 Å². The lowest BCUT2D eigenvalue weighted by Gasteiger charge is -2.21. The van der Waals surface area contributed by atoms with E-state index >= 15 is 0 Å². The summed E-state index contributed by atoms with van der Waals surface area (Å²) in [5, 5.41) is 10.7. The van der Waals surface area contributed by atoms with E-state index in [0.29, 0.717) is 25.6 Å². The fourth-order valence-corrected chi connectivity index (χ4v) is 3.51. The summed E-state index contributed by atoms with van der Waals surface area (Å²) in [5.41, 5.74) is 1.26. The highest BCUT2D eigenvalue weighted by molar-refractivity contribution is 7.07. The third-order valence-corrected chi connectivity index (χ3v) is 4.78. The van der Waals surface area contributed by atoms with Crippen LogP contribution in [0.3, 0.4) is 0 Å². The van der Waals surface area contributed by atoms with Crippen molar-refractivity contribution in [3.8, 4) is 0 Å². The molecule has 2 heterocycles. The lowest BCUT2D eigenvalue weighted by atomic mass is 10.2. The molecule has 2 N–H and O–H groups in total. The summed E-state index contributed by atoms with van der Waals surface area (Å²) < 4.78 is 27.8. The van der Waals surface area contributed by atoms with Gasteiger partial charge in [0.05, 0.1) is 0 Å². The highest BCUT2D eigenvalue weighted by Gasteiger charge is 2.27. The Labute approximate surface area is 144 Å². The molecule has 1 aliphatic rings. The maximum Gasteiger partial charge on any atom is 0.191 e. The van der Waals surface area contributed by atoms with Crippen molar-refractivity contribution in [1.82, 2.24) is 10.6 Å². The molecule has 1 fully saturated rings. The topological polar surface area (TPSA) is 39.7 Å². The molecule has 0 radical (unpaired) electrons. The number of benzene rings is 1. The second-order valence-corrected chi connectivity index (χ2v) is 6.48. The number of nitrogens with one attached hydrogen (secondary N) is 2. The van der Waals surface area contributed by atoms with Crippen molar-refractivity contribution in [3.05, 3.63) is 52.2 Å². The third kappa shape index (κ3) is 3.84. The number of nitrogens with zero attached hydrogens (tertiary/aromatic N) is 2. The van der Waals surface area contributed by atoms with Crippen molar-refractivity contribution >= 4 is 23.0 Å². The van der Waals surface area contributed by atoms with Crippen LogP contribution in [0.5, 0.6) is 0 Å². The van der Waals surface area contributed by atoms with E-state index in [1.807, 2.05) is 5.38 Å². The minimum Gasteiger partial charge on any atom is -0.365 e. The predicted molar refractivity (Wildman–Crippen MR) is 94.6 cm³/mol. The Morgan fingerprint density at radius 2 is 2.12 bits per heavy atom. The monoisotopic (exact) mass is 350 g/mol. The Hall–Kier alpha value is -2.15. The van der Waals surface area contributed by atoms with E-state index in [-0.39, 0.29) is 11.7 Å².